The molecule has 0 radical (unpaired) electrons. The minimum absolute atomic E-state index is 0.00765. The Labute approximate surface area is 291 Å². The number of benzene rings is 4. The Morgan fingerprint density at radius 2 is 1.51 bits per heavy atom. The smallest absolute Gasteiger partial charge is 0.339 e. The first-order valence-electron chi connectivity index (χ1n) is 16.6. The Morgan fingerprint density at radius 3 is 2.18 bits per heavy atom. The molecule has 8 rings (SSSR count). The zero-order valence-corrected chi connectivity index (χ0v) is 26.9. The highest BCUT2D eigenvalue weighted by Gasteiger charge is 2.66. The van der Waals surface area contributed by atoms with E-state index in [4.69, 9.17) is 0 Å². The van der Waals surface area contributed by atoms with Crippen molar-refractivity contribution in [3.8, 4) is 11.5 Å². The van der Waals surface area contributed by atoms with Crippen molar-refractivity contribution in [3.05, 3.63) is 143 Å². The molecule has 1 heterocycles. The predicted molar refractivity (Wildman–Crippen MR) is 182 cm³/mol. The Morgan fingerprint density at radius 1 is 0.804 bits per heavy atom. The van der Waals surface area contributed by atoms with E-state index in [1.165, 1.54) is 24.3 Å². The van der Waals surface area contributed by atoms with Gasteiger partial charge in [0.15, 0.2) is 23.1 Å². The number of amides is 2. The molecule has 0 bridgehead atoms. The number of allylic oxidation sites excluding steroid dienone is 4. The van der Waals surface area contributed by atoms with Gasteiger partial charge in [0.05, 0.1) is 22.9 Å². The van der Waals surface area contributed by atoms with Crippen LogP contribution in [0.3, 0.4) is 0 Å². The maximum Gasteiger partial charge on any atom is 0.339 e. The Bertz CT molecular complexity index is 2250. The van der Waals surface area contributed by atoms with E-state index in [2.05, 4.69) is 0 Å². The minimum Gasteiger partial charge on any atom is -0.507 e. The predicted octanol–water partition coefficient (Wildman–Crippen LogP) is 5.96. The average Bonchev–Trinajstić information content (AvgIpc) is 3.39. The third kappa shape index (κ3) is 4.62. The molecule has 10 heteroatoms. The first kappa shape index (κ1) is 32.1. The zero-order chi connectivity index (χ0) is 35.8. The third-order valence-electron chi connectivity index (χ3n) is 11.2. The maximum atomic E-state index is 15.2. The highest BCUT2D eigenvalue weighted by atomic mass is 19.1. The number of halogens is 1. The number of carboxylic acid groups (broad SMARTS) is 1. The van der Waals surface area contributed by atoms with Crippen LogP contribution in [-0.2, 0) is 24.6 Å². The number of fused-ring (bicyclic) bond motifs is 4. The summed E-state index contributed by atoms with van der Waals surface area (Å²) in [6.45, 7) is 0. The molecule has 1 saturated carbocycles. The van der Waals surface area contributed by atoms with Crippen LogP contribution in [0.4, 0.5) is 10.1 Å². The van der Waals surface area contributed by atoms with Gasteiger partial charge in [0.2, 0.25) is 11.8 Å². The van der Waals surface area contributed by atoms with Crippen molar-refractivity contribution in [1.29, 1.82) is 0 Å². The van der Waals surface area contributed by atoms with Gasteiger partial charge in [0.25, 0.3) is 0 Å². The highest BCUT2D eigenvalue weighted by Crippen LogP contribution is 2.64. The number of phenols is 2. The van der Waals surface area contributed by atoms with E-state index in [9.17, 15) is 39.3 Å². The summed E-state index contributed by atoms with van der Waals surface area (Å²) >= 11 is 0. The fraction of sp³-hybridized carbons (Fsp3) is 0.195. The fourth-order valence-electron chi connectivity index (χ4n) is 9.05. The van der Waals surface area contributed by atoms with Crippen molar-refractivity contribution in [3.63, 3.8) is 0 Å². The van der Waals surface area contributed by atoms with E-state index in [-0.39, 0.29) is 35.7 Å². The molecular weight excluding hydrogens is 653 g/mol. The molecule has 4 aromatic rings. The standard InChI is InChI=1S/C41H30FNO8/c42-31-17-22(11-16-32(31)44)36-25-14-15-27-35(39(49)43(38(27)48)24-12-13-26(40(50)51)33(45)18-24)29(25)19-30-37(47)28(21-7-3-1-4-8-21)20-34(46)41(30,36)23-9-5-2-6-10-23/h1-14,16-18,20,27,29-30,35-36,44-45H,15,19H2,(H,50,51). The topological polar surface area (TPSA) is 149 Å². The SMILES string of the molecule is O=C(O)c1ccc(N2C(=O)C3CC=C4C(CC5C(=O)C(c6ccccc6)=CC(=O)C5(c5ccccc5)C4c4ccc(O)c(F)c4)C3C2=O)cc1O. The van der Waals surface area contributed by atoms with E-state index >= 15 is 4.39 Å². The molecule has 1 saturated heterocycles. The molecule has 2 fully saturated rings. The van der Waals surface area contributed by atoms with E-state index in [1.807, 2.05) is 6.08 Å². The lowest BCUT2D eigenvalue weighted by Gasteiger charge is -2.55. The number of phenolic OH excluding ortho intramolecular Hbond substituents is 1. The van der Waals surface area contributed by atoms with Crippen LogP contribution >= 0.6 is 0 Å². The summed E-state index contributed by atoms with van der Waals surface area (Å²) in [5.41, 5.74) is 0.316. The van der Waals surface area contributed by atoms with Crippen LogP contribution in [0.25, 0.3) is 5.57 Å². The number of nitrogens with zero attached hydrogens (tertiary/aromatic N) is 1. The second-order valence-electron chi connectivity index (χ2n) is 13.5. The van der Waals surface area contributed by atoms with Crippen LogP contribution in [0.15, 0.2) is 115 Å². The summed E-state index contributed by atoms with van der Waals surface area (Å²) in [4.78, 5) is 70.8. The van der Waals surface area contributed by atoms with Crippen LogP contribution in [0.1, 0.15) is 45.8 Å². The van der Waals surface area contributed by atoms with Crippen LogP contribution < -0.4 is 4.90 Å². The Kier molecular flexibility index (Phi) is 7.37. The van der Waals surface area contributed by atoms with Crippen LogP contribution in [-0.4, -0.2) is 44.7 Å². The van der Waals surface area contributed by atoms with Gasteiger partial charge >= 0.3 is 5.97 Å². The van der Waals surface area contributed by atoms with Gasteiger partial charge in [-0.1, -0.05) is 78.4 Å². The van der Waals surface area contributed by atoms with E-state index in [0.29, 0.717) is 22.3 Å². The number of carbonyl (C=O) groups is 5. The molecule has 2 amide bonds. The molecule has 9 nitrogen and oxygen atoms in total. The van der Waals surface area contributed by atoms with Gasteiger partial charge in [-0.15, -0.1) is 0 Å². The molecule has 3 N–H and O–H groups in total. The summed E-state index contributed by atoms with van der Waals surface area (Å²) in [5.74, 6) is -9.82. The molecular formula is C41H30FNO8. The van der Waals surface area contributed by atoms with Crippen molar-refractivity contribution < 1.29 is 43.7 Å². The number of ketones is 2. The molecule has 3 aliphatic carbocycles. The van der Waals surface area contributed by atoms with E-state index < -0.39 is 75.7 Å². The van der Waals surface area contributed by atoms with Crippen molar-refractivity contribution >= 4 is 40.6 Å². The summed E-state index contributed by atoms with van der Waals surface area (Å²) in [7, 11) is 0. The van der Waals surface area contributed by atoms with Gasteiger partial charge in [-0.05, 0) is 65.8 Å². The summed E-state index contributed by atoms with van der Waals surface area (Å²) in [5, 5.41) is 30.0. The molecule has 1 aliphatic heterocycles. The summed E-state index contributed by atoms with van der Waals surface area (Å²) < 4.78 is 15.2. The summed E-state index contributed by atoms with van der Waals surface area (Å²) in [6.07, 6.45) is 3.34. The Balaban J connectivity index is 1.33. The van der Waals surface area contributed by atoms with Gasteiger partial charge in [-0.2, -0.15) is 0 Å². The van der Waals surface area contributed by atoms with Gasteiger partial charge < -0.3 is 15.3 Å². The monoisotopic (exact) mass is 683 g/mol. The van der Waals surface area contributed by atoms with Gasteiger partial charge in [-0.25, -0.2) is 14.1 Å². The van der Waals surface area contributed by atoms with Gasteiger partial charge in [-0.3, -0.25) is 19.2 Å². The fourth-order valence-corrected chi connectivity index (χ4v) is 9.05. The first-order valence-corrected chi connectivity index (χ1v) is 16.6. The molecule has 4 aliphatic rings. The number of carbonyl (C=O) groups excluding carboxylic acids is 4. The van der Waals surface area contributed by atoms with E-state index in [1.54, 1.807) is 60.7 Å². The molecule has 0 aromatic heterocycles. The molecule has 254 valence electrons. The number of hydrogen-bond acceptors (Lipinski definition) is 7. The zero-order valence-electron chi connectivity index (χ0n) is 26.9. The molecule has 4 aromatic carbocycles. The van der Waals surface area contributed by atoms with Crippen LogP contribution in [0, 0.1) is 29.5 Å². The molecule has 6 atom stereocenters. The van der Waals surface area contributed by atoms with Crippen molar-refractivity contribution in [2.24, 2.45) is 23.7 Å². The number of hydrogen-bond donors (Lipinski definition) is 3. The van der Waals surface area contributed by atoms with Crippen molar-refractivity contribution in [2.45, 2.75) is 24.2 Å². The average molecular weight is 684 g/mol. The Hall–Kier alpha value is -6.16. The number of carboxylic acids is 1. The van der Waals surface area contributed by atoms with Crippen LogP contribution in [0.5, 0.6) is 11.5 Å². The number of imide groups is 1. The second-order valence-corrected chi connectivity index (χ2v) is 13.5. The number of Topliss-reactive ketones (excluding diaryl/α,β-unsaturated/α-hetero) is 1. The quantitative estimate of drug-likeness (QED) is 0.172. The minimum atomic E-state index is -1.56. The highest BCUT2D eigenvalue weighted by molar-refractivity contribution is 6.32. The van der Waals surface area contributed by atoms with E-state index in [0.717, 1.165) is 23.1 Å². The number of aromatic hydroxyl groups is 2. The number of aromatic carboxylic acids is 1. The molecule has 6 unspecified atom stereocenters. The lowest BCUT2D eigenvalue weighted by molar-refractivity contribution is -0.135. The van der Waals surface area contributed by atoms with Crippen LogP contribution in [0.2, 0.25) is 0 Å². The van der Waals surface area contributed by atoms with Crippen molar-refractivity contribution in [1.82, 2.24) is 0 Å². The second kappa shape index (κ2) is 11.7. The summed E-state index contributed by atoms with van der Waals surface area (Å²) in [6, 6.07) is 25.0. The lowest BCUT2D eigenvalue weighted by atomic mass is 9.44. The van der Waals surface area contributed by atoms with Gasteiger partial charge in [0.1, 0.15) is 11.3 Å². The number of anilines is 1. The normalized spacial score (nSPS) is 26.9. The maximum absolute atomic E-state index is 15.2. The number of rotatable bonds is 5. The molecule has 51 heavy (non-hydrogen) atoms. The third-order valence-corrected chi connectivity index (χ3v) is 11.2. The van der Waals surface area contributed by atoms with Crippen molar-refractivity contribution in [2.75, 3.05) is 4.90 Å². The van der Waals surface area contributed by atoms with Gasteiger partial charge in [0, 0.05) is 23.5 Å². The largest absolute Gasteiger partial charge is 0.507 e. The molecule has 0 spiro atoms. The lowest BCUT2D eigenvalue weighted by Crippen LogP contribution is -2.58. The first-order chi connectivity index (χ1) is 24.5.